The Kier molecular flexibility index (Phi) is 6.70. The number of nitrogen functional groups attached to an aromatic ring is 1. The number of nitrogens with zero attached hydrogens (tertiary/aromatic N) is 4. The Hall–Kier alpha value is -1.76. The van der Waals surface area contributed by atoms with Gasteiger partial charge in [-0.3, -0.25) is 4.57 Å². The Bertz CT molecular complexity index is 802. The first-order chi connectivity index (χ1) is 11.8. The minimum atomic E-state index is -3.50. The highest BCUT2D eigenvalue weighted by molar-refractivity contribution is 7.52. The van der Waals surface area contributed by atoms with Gasteiger partial charge in [-0.2, -0.15) is 4.98 Å². The maximum Gasteiger partial charge on any atom is 0.328 e. The number of aromatic nitrogens is 4. The van der Waals surface area contributed by atoms with E-state index in [-0.39, 0.29) is 12.1 Å². The monoisotopic (exact) mass is 367 g/mol. The fraction of sp³-hybridized carbons (Fsp3) is 0.562. The molecule has 0 radical (unpaired) electrons. The van der Waals surface area contributed by atoms with E-state index in [1.807, 2.05) is 31.4 Å². The zero-order chi connectivity index (χ0) is 18.4. The van der Waals surface area contributed by atoms with Crippen molar-refractivity contribution < 1.29 is 14.0 Å². The molecule has 25 heavy (non-hydrogen) atoms. The van der Waals surface area contributed by atoms with Crippen LogP contribution in [0.15, 0.2) is 18.0 Å². The molecule has 0 aromatic carbocycles. The van der Waals surface area contributed by atoms with Crippen molar-refractivity contribution in [2.45, 2.75) is 46.6 Å². The normalized spacial score (nSPS) is 14.8. The summed E-state index contributed by atoms with van der Waals surface area (Å²) < 4.78 is 18.9. The second-order valence-electron chi connectivity index (χ2n) is 6.10. The summed E-state index contributed by atoms with van der Waals surface area (Å²) in [5.41, 5.74) is 8.92. The standard InChI is InChI=1S/C16H26N5O3P/c1-4-5-8-24-25(22,23)9-6-7-12(2)10-21-11-18-14-13(3)19-16(17)20-15(14)21/h7,11H,4-6,8-10H2,1-3H3,(H,22,23)(H2,17,19,20)/b12-7-. The van der Waals surface area contributed by atoms with Crippen LogP contribution in [0.5, 0.6) is 0 Å². The van der Waals surface area contributed by atoms with Crippen LogP contribution in [0.1, 0.15) is 38.8 Å². The molecule has 2 heterocycles. The molecule has 9 heteroatoms. The minimum absolute atomic E-state index is 0.118. The Morgan fingerprint density at radius 1 is 1.48 bits per heavy atom. The predicted molar refractivity (Wildman–Crippen MR) is 98.4 cm³/mol. The smallest absolute Gasteiger partial charge is 0.328 e. The second-order valence-corrected chi connectivity index (χ2v) is 8.08. The van der Waals surface area contributed by atoms with Gasteiger partial charge in [-0.05, 0) is 26.7 Å². The molecule has 0 aliphatic heterocycles. The van der Waals surface area contributed by atoms with Gasteiger partial charge in [0, 0.05) is 6.54 Å². The average Bonchev–Trinajstić information content (AvgIpc) is 2.90. The highest BCUT2D eigenvalue weighted by atomic mass is 31.2. The van der Waals surface area contributed by atoms with Gasteiger partial charge in [0.2, 0.25) is 5.95 Å². The Labute approximate surface area is 147 Å². The van der Waals surface area contributed by atoms with Gasteiger partial charge in [-0.25, -0.2) is 9.97 Å². The molecule has 3 N–H and O–H groups in total. The van der Waals surface area contributed by atoms with Crippen LogP contribution in [0.4, 0.5) is 5.95 Å². The average molecular weight is 367 g/mol. The van der Waals surface area contributed by atoms with Crippen molar-refractivity contribution in [3.63, 3.8) is 0 Å². The van der Waals surface area contributed by atoms with Crippen LogP contribution in [0.2, 0.25) is 0 Å². The summed E-state index contributed by atoms with van der Waals surface area (Å²) in [6.07, 6.45) is 5.97. The molecule has 1 atom stereocenters. The third-order valence-electron chi connectivity index (χ3n) is 3.77. The molecule has 2 aromatic heterocycles. The second kappa shape index (κ2) is 8.56. The summed E-state index contributed by atoms with van der Waals surface area (Å²) >= 11 is 0. The SMILES string of the molecule is CCCCOP(=O)(O)CC/C=C(/C)Cn1cnc2c(C)nc(N)nc21. The van der Waals surface area contributed by atoms with Crippen LogP contribution in [-0.4, -0.2) is 37.2 Å². The Morgan fingerprint density at radius 3 is 2.96 bits per heavy atom. The van der Waals surface area contributed by atoms with E-state index in [1.54, 1.807) is 6.33 Å². The van der Waals surface area contributed by atoms with E-state index in [0.29, 0.717) is 25.2 Å². The van der Waals surface area contributed by atoms with Crippen molar-refractivity contribution in [3.05, 3.63) is 23.7 Å². The zero-order valence-electron chi connectivity index (χ0n) is 15.0. The first kappa shape index (κ1) is 19.6. The van der Waals surface area contributed by atoms with E-state index < -0.39 is 7.60 Å². The molecule has 0 spiro atoms. The molecule has 2 aromatic rings. The van der Waals surface area contributed by atoms with Crippen molar-refractivity contribution in [1.82, 2.24) is 19.5 Å². The van der Waals surface area contributed by atoms with Crippen molar-refractivity contribution >= 4 is 24.7 Å². The van der Waals surface area contributed by atoms with Gasteiger partial charge in [0.05, 0.1) is 24.8 Å². The number of nitrogens with two attached hydrogens (primary N) is 1. The van der Waals surface area contributed by atoms with E-state index in [2.05, 4.69) is 15.0 Å². The van der Waals surface area contributed by atoms with Crippen molar-refractivity contribution in [2.24, 2.45) is 0 Å². The molecule has 0 aliphatic rings. The largest absolute Gasteiger partial charge is 0.368 e. The van der Waals surface area contributed by atoms with Gasteiger partial charge in [-0.1, -0.05) is 25.0 Å². The first-order valence-electron chi connectivity index (χ1n) is 8.39. The van der Waals surface area contributed by atoms with Crippen LogP contribution in [-0.2, 0) is 15.6 Å². The van der Waals surface area contributed by atoms with Gasteiger partial charge in [0.15, 0.2) is 5.65 Å². The lowest BCUT2D eigenvalue weighted by atomic mass is 10.2. The first-order valence-corrected chi connectivity index (χ1v) is 10.2. The highest BCUT2D eigenvalue weighted by Crippen LogP contribution is 2.42. The van der Waals surface area contributed by atoms with E-state index in [9.17, 15) is 9.46 Å². The van der Waals surface area contributed by atoms with E-state index in [4.69, 9.17) is 10.3 Å². The summed E-state index contributed by atoms with van der Waals surface area (Å²) in [4.78, 5) is 22.4. The maximum atomic E-state index is 11.9. The summed E-state index contributed by atoms with van der Waals surface area (Å²) in [7, 11) is -3.50. The number of unbranched alkanes of at least 4 members (excludes halogenated alkanes) is 1. The molecule has 8 nitrogen and oxygen atoms in total. The summed E-state index contributed by atoms with van der Waals surface area (Å²) in [6.45, 7) is 6.73. The van der Waals surface area contributed by atoms with Gasteiger partial charge in [0.25, 0.3) is 0 Å². The molecule has 0 aliphatic carbocycles. The quantitative estimate of drug-likeness (QED) is 0.397. The van der Waals surface area contributed by atoms with Crippen LogP contribution in [0.3, 0.4) is 0 Å². The topological polar surface area (TPSA) is 116 Å². The fourth-order valence-electron chi connectivity index (χ4n) is 2.45. The lowest BCUT2D eigenvalue weighted by Gasteiger charge is -2.11. The lowest BCUT2D eigenvalue weighted by Crippen LogP contribution is -2.03. The third kappa shape index (κ3) is 5.63. The molecule has 0 fully saturated rings. The number of fused-ring (bicyclic) bond motifs is 1. The number of allylic oxidation sites excluding steroid dienone is 2. The molecule has 0 amide bonds. The van der Waals surface area contributed by atoms with Crippen molar-refractivity contribution in [2.75, 3.05) is 18.5 Å². The van der Waals surface area contributed by atoms with Crippen LogP contribution in [0, 0.1) is 6.92 Å². The van der Waals surface area contributed by atoms with Gasteiger partial charge < -0.3 is 19.7 Å². The molecule has 0 saturated carbocycles. The number of rotatable bonds is 9. The van der Waals surface area contributed by atoms with Gasteiger partial charge >= 0.3 is 7.60 Å². The number of hydrogen-bond acceptors (Lipinski definition) is 6. The Morgan fingerprint density at radius 2 is 2.24 bits per heavy atom. The lowest BCUT2D eigenvalue weighted by molar-refractivity contribution is 0.255. The van der Waals surface area contributed by atoms with E-state index in [0.717, 1.165) is 29.6 Å². The fourth-order valence-corrected chi connectivity index (χ4v) is 3.44. The zero-order valence-corrected chi connectivity index (χ0v) is 15.9. The molecule has 0 saturated heterocycles. The van der Waals surface area contributed by atoms with Gasteiger partial charge in [0.1, 0.15) is 5.52 Å². The number of hydrogen-bond donors (Lipinski definition) is 2. The number of anilines is 1. The predicted octanol–water partition coefficient (Wildman–Crippen LogP) is 3.06. The minimum Gasteiger partial charge on any atom is -0.368 e. The van der Waals surface area contributed by atoms with Gasteiger partial charge in [-0.15, -0.1) is 0 Å². The summed E-state index contributed by atoms with van der Waals surface area (Å²) in [6, 6.07) is 0. The molecular formula is C16H26N5O3P. The Balaban J connectivity index is 1.97. The number of imidazole rings is 1. The van der Waals surface area contributed by atoms with Crippen LogP contribution in [0.25, 0.3) is 11.2 Å². The molecular weight excluding hydrogens is 341 g/mol. The van der Waals surface area contributed by atoms with Crippen LogP contribution < -0.4 is 5.73 Å². The number of aryl methyl sites for hydroxylation is 1. The van der Waals surface area contributed by atoms with Crippen LogP contribution >= 0.6 is 7.60 Å². The van der Waals surface area contributed by atoms with Crippen molar-refractivity contribution in [3.8, 4) is 0 Å². The third-order valence-corrected chi connectivity index (χ3v) is 5.18. The molecule has 2 rings (SSSR count). The molecule has 138 valence electrons. The molecule has 0 bridgehead atoms. The summed E-state index contributed by atoms with van der Waals surface area (Å²) in [5, 5.41) is 0. The highest BCUT2D eigenvalue weighted by Gasteiger charge is 2.17. The maximum absolute atomic E-state index is 11.9. The summed E-state index contributed by atoms with van der Waals surface area (Å²) in [5.74, 6) is 0.221. The van der Waals surface area contributed by atoms with E-state index >= 15 is 0 Å². The van der Waals surface area contributed by atoms with E-state index in [1.165, 1.54) is 0 Å². The van der Waals surface area contributed by atoms with Crippen molar-refractivity contribution in [1.29, 1.82) is 0 Å². The molecule has 1 unspecified atom stereocenters.